The van der Waals surface area contributed by atoms with Gasteiger partial charge in [0.2, 0.25) is 5.82 Å². The van der Waals surface area contributed by atoms with Crippen molar-refractivity contribution in [2.24, 2.45) is 5.92 Å². The Morgan fingerprint density at radius 1 is 0.941 bits per heavy atom. The third kappa shape index (κ3) is 5.05. The molecule has 178 valence electrons. The Hall–Kier alpha value is -3.03. The van der Waals surface area contributed by atoms with Crippen LogP contribution in [-0.4, -0.2) is 75.4 Å². The number of likely N-dealkylation sites (tertiary alicyclic amines) is 1. The smallest absolute Gasteiger partial charge is 0.293 e. The molecule has 0 radical (unpaired) electrons. The SMILES string of the molecule is CC1CN(CC2CCN(C(=O)c3nc(-c4ccccc4)n(-c4ccccc4)n3)CC2)CC(C)O1. The molecule has 2 aliphatic heterocycles. The summed E-state index contributed by atoms with van der Waals surface area (Å²) in [6.45, 7) is 8.86. The Morgan fingerprint density at radius 3 is 2.21 bits per heavy atom. The molecule has 0 bridgehead atoms. The number of nitrogens with zero attached hydrogens (tertiary/aromatic N) is 5. The van der Waals surface area contributed by atoms with E-state index in [4.69, 9.17) is 9.72 Å². The Bertz CT molecular complexity index is 1030. The van der Waals surface area contributed by atoms with Crippen LogP contribution in [0.3, 0.4) is 0 Å². The largest absolute Gasteiger partial charge is 0.373 e. The molecule has 0 aliphatic carbocycles. The lowest BCUT2D eigenvalue weighted by Gasteiger charge is -2.39. The third-order valence-electron chi connectivity index (χ3n) is 6.74. The second kappa shape index (κ2) is 10.1. The van der Waals surface area contributed by atoms with Crippen molar-refractivity contribution in [1.29, 1.82) is 0 Å². The third-order valence-corrected chi connectivity index (χ3v) is 6.74. The molecule has 2 aromatic carbocycles. The quantitative estimate of drug-likeness (QED) is 0.579. The average molecular weight is 460 g/mol. The van der Waals surface area contributed by atoms with E-state index < -0.39 is 0 Å². The molecule has 2 atom stereocenters. The zero-order valence-electron chi connectivity index (χ0n) is 20.0. The second-order valence-corrected chi connectivity index (χ2v) is 9.58. The first-order valence-electron chi connectivity index (χ1n) is 12.3. The van der Waals surface area contributed by atoms with Gasteiger partial charge < -0.3 is 9.64 Å². The number of carbonyl (C=O) groups is 1. The summed E-state index contributed by atoms with van der Waals surface area (Å²) in [6, 6.07) is 19.8. The van der Waals surface area contributed by atoms with Gasteiger partial charge in [0.25, 0.3) is 5.91 Å². The van der Waals surface area contributed by atoms with Crippen molar-refractivity contribution in [2.45, 2.75) is 38.9 Å². The molecule has 0 spiro atoms. The molecule has 0 saturated carbocycles. The van der Waals surface area contributed by atoms with E-state index in [0.29, 0.717) is 11.7 Å². The number of para-hydroxylation sites is 1. The molecule has 2 aliphatic rings. The highest BCUT2D eigenvalue weighted by atomic mass is 16.5. The minimum Gasteiger partial charge on any atom is -0.373 e. The van der Waals surface area contributed by atoms with Crippen LogP contribution in [0.15, 0.2) is 60.7 Å². The van der Waals surface area contributed by atoms with Gasteiger partial charge in [-0.1, -0.05) is 48.5 Å². The summed E-state index contributed by atoms with van der Waals surface area (Å²) in [6.07, 6.45) is 2.60. The highest BCUT2D eigenvalue weighted by Crippen LogP contribution is 2.24. The van der Waals surface area contributed by atoms with Crippen molar-refractivity contribution in [3.63, 3.8) is 0 Å². The number of rotatable bonds is 5. The lowest BCUT2D eigenvalue weighted by atomic mass is 9.95. The summed E-state index contributed by atoms with van der Waals surface area (Å²) in [7, 11) is 0. The molecular weight excluding hydrogens is 426 g/mol. The molecule has 0 N–H and O–H groups in total. The lowest BCUT2D eigenvalue weighted by Crippen LogP contribution is -2.48. The van der Waals surface area contributed by atoms with E-state index in [9.17, 15) is 4.79 Å². The minimum absolute atomic E-state index is 0.0843. The molecule has 1 amide bonds. The topological polar surface area (TPSA) is 63.5 Å². The maximum atomic E-state index is 13.4. The highest BCUT2D eigenvalue weighted by Gasteiger charge is 2.30. The zero-order valence-corrected chi connectivity index (χ0v) is 20.0. The van der Waals surface area contributed by atoms with Crippen LogP contribution in [0.2, 0.25) is 0 Å². The Labute approximate surface area is 201 Å². The van der Waals surface area contributed by atoms with Crippen LogP contribution >= 0.6 is 0 Å². The number of aromatic nitrogens is 3. The van der Waals surface area contributed by atoms with E-state index in [1.165, 1.54) is 0 Å². The minimum atomic E-state index is -0.0843. The van der Waals surface area contributed by atoms with Crippen LogP contribution in [0.5, 0.6) is 0 Å². The number of hydrogen-bond acceptors (Lipinski definition) is 5. The van der Waals surface area contributed by atoms with Gasteiger partial charge in [0.05, 0.1) is 17.9 Å². The number of morpholine rings is 1. The molecule has 2 saturated heterocycles. The summed E-state index contributed by atoms with van der Waals surface area (Å²) in [5.41, 5.74) is 1.83. The first-order valence-corrected chi connectivity index (χ1v) is 12.3. The van der Waals surface area contributed by atoms with Crippen molar-refractivity contribution in [3.05, 3.63) is 66.5 Å². The molecule has 1 aromatic heterocycles. The van der Waals surface area contributed by atoms with Crippen LogP contribution in [-0.2, 0) is 4.74 Å². The van der Waals surface area contributed by atoms with E-state index in [-0.39, 0.29) is 23.9 Å². The normalized spacial score (nSPS) is 22.1. The average Bonchev–Trinajstić information content (AvgIpc) is 3.30. The maximum Gasteiger partial charge on any atom is 0.293 e. The molecule has 3 heterocycles. The van der Waals surface area contributed by atoms with Crippen molar-refractivity contribution >= 4 is 5.91 Å². The number of benzene rings is 2. The van der Waals surface area contributed by atoms with Crippen LogP contribution in [0.1, 0.15) is 37.3 Å². The van der Waals surface area contributed by atoms with Crippen LogP contribution in [0.25, 0.3) is 17.1 Å². The molecule has 2 unspecified atom stereocenters. The van der Waals surface area contributed by atoms with Gasteiger partial charge in [-0.05, 0) is 44.7 Å². The van der Waals surface area contributed by atoms with Crippen molar-refractivity contribution in [3.8, 4) is 17.1 Å². The first-order chi connectivity index (χ1) is 16.6. The highest BCUT2D eigenvalue weighted by molar-refractivity contribution is 5.91. The van der Waals surface area contributed by atoms with Gasteiger partial charge >= 0.3 is 0 Å². The summed E-state index contributed by atoms with van der Waals surface area (Å²) in [5, 5.41) is 4.65. The first kappa shape index (κ1) is 22.7. The summed E-state index contributed by atoms with van der Waals surface area (Å²) < 4.78 is 7.64. The van der Waals surface area contributed by atoms with Gasteiger partial charge in [-0.2, -0.15) is 0 Å². The number of carbonyl (C=O) groups excluding carboxylic acids is 1. The second-order valence-electron chi connectivity index (χ2n) is 9.58. The fourth-order valence-electron chi connectivity index (χ4n) is 5.18. The molecule has 7 nitrogen and oxygen atoms in total. The van der Waals surface area contributed by atoms with Gasteiger partial charge in [-0.15, -0.1) is 5.10 Å². The number of hydrogen-bond donors (Lipinski definition) is 0. The summed E-state index contributed by atoms with van der Waals surface area (Å²) in [5.74, 6) is 1.47. The molecule has 7 heteroatoms. The summed E-state index contributed by atoms with van der Waals surface area (Å²) in [4.78, 5) is 22.5. The number of amides is 1. The van der Waals surface area contributed by atoms with Crippen LogP contribution < -0.4 is 0 Å². The number of piperidine rings is 1. The standard InChI is InChI=1S/C27H33N5O2/c1-20-17-30(18-21(2)34-20)19-22-13-15-31(16-14-22)27(33)25-28-26(23-9-5-3-6-10-23)32(29-25)24-11-7-4-8-12-24/h3-12,20-22H,13-19H2,1-2H3. The van der Waals surface area contributed by atoms with Gasteiger partial charge in [-0.25, -0.2) is 9.67 Å². The van der Waals surface area contributed by atoms with E-state index in [2.05, 4.69) is 23.8 Å². The lowest BCUT2D eigenvalue weighted by molar-refractivity contribution is -0.0729. The van der Waals surface area contributed by atoms with E-state index >= 15 is 0 Å². The van der Waals surface area contributed by atoms with Crippen molar-refractivity contribution in [2.75, 3.05) is 32.7 Å². The fraction of sp³-hybridized carbons (Fsp3) is 0.444. The molecule has 3 aromatic rings. The number of ether oxygens (including phenoxy) is 1. The van der Waals surface area contributed by atoms with Crippen molar-refractivity contribution in [1.82, 2.24) is 24.6 Å². The van der Waals surface area contributed by atoms with Gasteiger partial charge in [0, 0.05) is 38.3 Å². The van der Waals surface area contributed by atoms with Crippen LogP contribution in [0, 0.1) is 5.92 Å². The molecular formula is C27H33N5O2. The fourth-order valence-corrected chi connectivity index (χ4v) is 5.18. The Morgan fingerprint density at radius 2 is 1.56 bits per heavy atom. The summed E-state index contributed by atoms with van der Waals surface area (Å²) >= 11 is 0. The van der Waals surface area contributed by atoms with E-state index in [0.717, 1.165) is 56.8 Å². The maximum absolute atomic E-state index is 13.4. The molecule has 5 rings (SSSR count). The van der Waals surface area contributed by atoms with Gasteiger partial charge in [-0.3, -0.25) is 9.69 Å². The van der Waals surface area contributed by atoms with E-state index in [1.54, 1.807) is 4.68 Å². The predicted octanol–water partition coefficient (Wildman–Crippen LogP) is 3.90. The molecule has 34 heavy (non-hydrogen) atoms. The van der Waals surface area contributed by atoms with Crippen LogP contribution in [0.4, 0.5) is 0 Å². The van der Waals surface area contributed by atoms with Gasteiger partial charge in [0.1, 0.15) is 0 Å². The van der Waals surface area contributed by atoms with Gasteiger partial charge in [0.15, 0.2) is 5.82 Å². The van der Waals surface area contributed by atoms with E-state index in [1.807, 2.05) is 65.6 Å². The van der Waals surface area contributed by atoms with Crippen molar-refractivity contribution < 1.29 is 9.53 Å². The Kier molecular flexibility index (Phi) is 6.74. The monoisotopic (exact) mass is 459 g/mol. The zero-order chi connectivity index (χ0) is 23.5. The predicted molar refractivity (Wildman–Crippen MR) is 132 cm³/mol. The molecule has 2 fully saturated rings. The Balaban J connectivity index is 1.28.